The minimum atomic E-state index is -2.83. The SMILES string of the molecule is CCCNC(=O)c1c(NC(=O)c2ccn(C(F)F)n2)cnn1C. The first-order valence-corrected chi connectivity index (χ1v) is 6.89. The van der Waals surface area contributed by atoms with E-state index in [0.29, 0.717) is 11.2 Å². The molecule has 0 aliphatic rings. The minimum Gasteiger partial charge on any atom is -0.351 e. The summed E-state index contributed by atoms with van der Waals surface area (Å²) in [5.74, 6) is -1.10. The molecular weight excluding hydrogens is 310 g/mol. The summed E-state index contributed by atoms with van der Waals surface area (Å²) in [5, 5.41) is 12.5. The fraction of sp³-hybridized carbons (Fsp3) is 0.385. The number of nitrogens with zero attached hydrogens (tertiary/aromatic N) is 4. The van der Waals surface area contributed by atoms with Crippen LogP contribution < -0.4 is 10.6 Å². The Labute approximate surface area is 130 Å². The number of rotatable bonds is 6. The number of carbonyl (C=O) groups excluding carboxylic acids is 2. The Morgan fingerprint density at radius 3 is 2.70 bits per heavy atom. The van der Waals surface area contributed by atoms with Crippen LogP contribution >= 0.6 is 0 Å². The predicted molar refractivity (Wildman–Crippen MR) is 77.3 cm³/mol. The zero-order valence-corrected chi connectivity index (χ0v) is 12.6. The summed E-state index contributed by atoms with van der Waals surface area (Å²) >= 11 is 0. The largest absolute Gasteiger partial charge is 0.351 e. The van der Waals surface area contributed by atoms with Crippen molar-refractivity contribution >= 4 is 17.5 Å². The molecule has 2 amide bonds. The summed E-state index contributed by atoms with van der Waals surface area (Å²) in [6, 6.07) is 1.16. The maximum Gasteiger partial charge on any atom is 0.333 e. The third-order valence-corrected chi connectivity index (χ3v) is 2.98. The molecule has 0 spiro atoms. The van der Waals surface area contributed by atoms with Crippen LogP contribution in [0.1, 0.15) is 40.9 Å². The number of carbonyl (C=O) groups is 2. The number of alkyl halides is 2. The van der Waals surface area contributed by atoms with Crippen molar-refractivity contribution in [2.45, 2.75) is 19.9 Å². The number of halogens is 2. The summed E-state index contributed by atoms with van der Waals surface area (Å²) in [5.41, 5.74) is 0.159. The molecule has 124 valence electrons. The molecule has 2 aromatic rings. The lowest BCUT2D eigenvalue weighted by Gasteiger charge is -2.07. The molecule has 2 aromatic heterocycles. The molecule has 0 aliphatic carbocycles. The zero-order valence-electron chi connectivity index (χ0n) is 12.6. The molecule has 2 heterocycles. The zero-order chi connectivity index (χ0) is 17.0. The smallest absolute Gasteiger partial charge is 0.333 e. The third kappa shape index (κ3) is 3.71. The van der Waals surface area contributed by atoms with Crippen molar-refractivity contribution in [3.8, 4) is 0 Å². The normalized spacial score (nSPS) is 10.8. The highest BCUT2D eigenvalue weighted by Crippen LogP contribution is 2.16. The van der Waals surface area contributed by atoms with Crippen LogP contribution in [0.3, 0.4) is 0 Å². The van der Waals surface area contributed by atoms with Crippen molar-refractivity contribution in [1.29, 1.82) is 0 Å². The van der Waals surface area contributed by atoms with Gasteiger partial charge in [0.15, 0.2) is 5.69 Å². The molecule has 2 N–H and O–H groups in total. The van der Waals surface area contributed by atoms with E-state index in [2.05, 4.69) is 20.8 Å². The number of nitrogens with one attached hydrogen (secondary N) is 2. The lowest BCUT2D eigenvalue weighted by Crippen LogP contribution is -2.27. The Kier molecular flexibility index (Phi) is 5.04. The second kappa shape index (κ2) is 6.99. The van der Waals surface area contributed by atoms with E-state index in [1.54, 1.807) is 7.05 Å². The highest BCUT2D eigenvalue weighted by Gasteiger charge is 2.20. The average Bonchev–Trinajstić information content (AvgIpc) is 3.12. The van der Waals surface area contributed by atoms with E-state index in [1.807, 2.05) is 6.92 Å². The highest BCUT2D eigenvalue weighted by molar-refractivity contribution is 6.07. The highest BCUT2D eigenvalue weighted by atomic mass is 19.3. The van der Waals surface area contributed by atoms with Crippen LogP contribution in [0.15, 0.2) is 18.5 Å². The van der Waals surface area contributed by atoms with Gasteiger partial charge in [0.2, 0.25) is 0 Å². The lowest BCUT2D eigenvalue weighted by atomic mass is 10.3. The molecule has 0 atom stereocenters. The molecule has 0 aliphatic heterocycles. The van der Waals surface area contributed by atoms with Gasteiger partial charge in [0.25, 0.3) is 11.8 Å². The monoisotopic (exact) mass is 326 g/mol. The van der Waals surface area contributed by atoms with Crippen molar-refractivity contribution < 1.29 is 18.4 Å². The number of amides is 2. The molecule has 0 aromatic carbocycles. The molecule has 0 bridgehead atoms. The number of hydrogen-bond acceptors (Lipinski definition) is 4. The summed E-state index contributed by atoms with van der Waals surface area (Å²) in [6.45, 7) is -0.438. The number of anilines is 1. The molecule has 0 unspecified atom stereocenters. The fourth-order valence-corrected chi connectivity index (χ4v) is 1.87. The first kappa shape index (κ1) is 16.6. The van der Waals surface area contributed by atoms with E-state index >= 15 is 0 Å². The molecule has 8 nitrogen and oxygen atoms in total. The molecule has 2 rings (SSSR count). The molecule has 0 saturated heterocycles. The van der Waals surface area contributed by atoms with Crippen LogP contribution in [0.2, 0.25) is 0 Å². The minimum absolute atomic E-state index is 0.167. The van der Waals surface area contributed by atoms with Crippen LogP contribution in [-0.4, -0.2) is 37.9 Å². The number of hydrogen-bond donors (Lipinski definition) is 2. The molecular formula is C13H16F2N6O2. The van der Waals surface area contributed by atoms with Gasteiger partial charge >= 0.3 is 6.55 Å². The Bertz CT molecular complexity index is 709. The van der Waals surface area contributed by atoms with E-state index < -0.39 is 12.5 Å². The van der Waals surface area contributed by atoms with Crippen molar-refractivity contribution in [1.82, 2.24) is 24.9 Å². The summed E-state index contributed by atoms with van der Waals surface area (Å²) in [6.07, 6.45) is 3.07. The van der Waals surface area contributed by atoms with Crippen LogP contribution in [0, 0.1) is 0 Å². The van der Waals surface area contributed by atoms with Gasteiger partial charge < -0.3 is 10.6 Å². The van der Waals surface area contributed by atoms with Gasteiger partial charge in [-0.3, -0.25) is 14.3 Å². The van der Waals surface area contributed by atoms with E-state index in [0.717, 1.165) is 18.7 Å². The van der Waals surface area contributed by atoms with Gasteiger partial charge in [0.05, 0.1) is 11.9 Å². The van der Waals surface area contributed by atoms with Crippen molar-refractivity contribution in [3.63, 3.8) is 0 Å². The molecule has 23 heavy (non-hydrogen) atoms. The predicted octanol–water partition coefficient (Wildman–Crippen LogP) is 1.40. The molecule has 0 fully saturated rings. The topological polar surface area (TPSA) is 93.8 Å². The Hall–Kier alpha value is -2.78. The maximum atomic E-state index is 12.5. The van der Waals surface area contributed by atoms with Gasteiger partial charge in [-0.1, -0.05) is 6.92 Å². The Morgan fingerprint density at radius 2 is 2.09 bits per heavy atom. The molecule has 0 radical (unpaired) electrons. The number of aryl methyl sites for hydroxylation is 1. The van der Waals surface area contributed by atoms with E-state index in [-0.39, 0.29) is 23.0 Å². The van der Waals surface area contributed by atoms with Crippen LogP contribution in [0.25, 0.3) is 0 Å². The second-order valence-electron chi connectivity index (χ2n) is 4.70. The van der Waals surface area contributed by atoms with Crippen LogP contribution in [-0.2, 0) is 7.05 Å². The summed E-state index contributed by atoms with van der Waals surface area (Å²) in [4.78, 5) is 24.1. The fourth-order valence-electron chi connectivity index (χ4n) is 1.87. The van der Waals surface area contributed by atoms with Gasteiger partial charge in [0.1, 0.15) is 5.69 Å². The van der Waals surface area contributed by atoms with Crippen molar-refractivity contribution in [3.05, 3.63) is 29.8 Å². The van der Waals surface area contributed by atoms with Gasteiger partial charge in [-0.15, -0.1) is 0 Å². The third-order valence-electron chi connectivity index (χ3n) is 2.98. The second-order valence-corrected chi connectivity index (χ2v) is 4.70. The Morgan fingerprint density at radius 1 is 1.35 bits per heavy atom. The van der Waals surface area contributed by atoms with Gasteiger partial charge in [-0.2, -0.15) is 19.0 Å². The summed E-state index contributed by atoms with van der Waals surface area (Å²) < 4.78 is 26.6. The number of aromatic nitrogens is 4. The van der Waals surface area contributed by atoms with Crippen LogP contribution in [0.5, 0.6) is 0 Å². The maximum absolute atomic E-state index is 12.5. The Balaban J connectivity index is 2.16. The van der Waals surface area contributed by atoms with E-state index in [4.69, 9.17) is 0 Å². The van der Waals surface area contributed by atoms with E-state index in [1.165, 1.54) is 10.9 Å². The van der Waals surface area contributed by atoms with Gasteiger partial charge in [0, 0.05) is 19.8 Å². The molecule has 0 saturated carbocycles. The van der Waals surface area contributed by atoms with Gasteiger partial charge in [-0.05, 0) is 12.5 Å². The average molecular weight is 326 g/mol. The lowest BCUT2D eigenvalue weighted by molar-refractivity contribution is 0.0561. The van der Waals surface area contributed by atoms with E-state index in [9.17, 15) is 18.4 Å². The van der Waals surface area contributed by atoms with Crippen LogP contribution in [0.4, 0.5) is 14.5 Å². The first-order valence-electron chi connectivity index (χ1n) is 6.89. The standard InChI is InChI=1S/C13H16F2N6O2/c1-3-5-16-12(23)10-9(7-17-20(10)2)18-11(22)8-4-6-21(19-8)13(14)15/h4,6-7,13H,3,5H2,1-2H3,(H,16,23)(H,18,22). The van der Waals surface area contributed by atoms with Crippen molar-refractivity contribution in [2.75, 3.05) is 11.9 Å². The quantitative estimate of drug-likeness (QED) is 0.839. The van der Waals surface area contributed by atoms with Gasteiger partial charge in [-0.25, -0.2) is 4.68 Å². The first-order chi connectivity index (χ1) is 10.9. The summed E-state index contributed by atoms with van der Waals surface area (Å²) in [7, 11) is 1.56. The van der Waals surface area contributed by atoms with Crippen molar-refractivity contribution in [2.24, 2.45) is 7.05 Å². The molecule has 10 heteroatoms.